The van der Waals surface area contributed by atoms with Crippen LogP contribution in [0.3, 0.4) is 0 Å². The number of hydrogen-bond acceptors (Lipinski definition) is 5. The predicted molar refractivity (Wildman–Crippen MR) is 82.5 cm³/mol. The van der Waals surface area contributed by atoms with Gasteiger partial charge in [0.2, 0.25) is 10.0 Å². The highest BCUT2D eigenvalue weighted by Crippen LogP contribution is 2.17. The first-order chi connectivity index (χ1) is 10.0. The largest absolute Gasteiger partial charge is 0.397 e. The van der Waals surface area contributed by atoms with Gasteiger partial charge in [-0.15, -0.1) is 0 Å². The lowest BCUT2D eigenvalue weighted by molar-refractivity contribution is 0.216. The van der Waals surface area contributed by atoms with Crippen LogP contribution in [0.25, 0.3) is 0 Å². The summed E-state index contributed by atoms with van der Waals surface area (Å²) in [6, 6.07) is 4.73. The van der Waals surface area contributed by atoms with Crippen LogP contribution < -0.4 is 4.72 Å². The molecule has 2 N–H and O–H groups in total. The van der Waals surface area contributed by atoms with E-state index in [2.05, 4.69) is 8.91 Å². The molecule has 0 aliphatic carbocycles. The van der Waals surface area contributed by atoms with E-state index in [1.54, 1.807) is 6.92 Å². The van der Waals surface area contributed by atoms with Gasteiger partial charge in [0.05, 0.1) is 11.5 Å². The van der Waals surface area contributed by atoms with Crippen LogP contribution in [-0.4, -0.2) is 34.0 Å². The summed E-state index contributed by atoms with van der Waals surface area (Å²) in [5, 5.41) is 0.395. The van der Waals surface area contributed by atoms with Gasteiger partial charge in [-0.05, 0) is 30.2 Å². The zero-order chi connectivity index (χ0) is 17.0. The second-order valence-electron chi connectivity index (χ2n) is 4.78. The highest BCUT2D eigenvalue weighted by molar-refractivity contribution is 7.89. The predicted octanol–water partition coefficient (Wildman–Crippen LogP) is 1.85. The van der Waals surface area contributed by atoms with E-state index in [1.165, 1.54) is 24.3 Å². The first-order valence-electron chi connectivity index (χ1n) is 6.45. The summed E-state index contributed by atoms with van der Waals surface area (Å²) < 4.78 is 61.2. The molecule has 1 rings (SSSR count). The summed E-state index contributed by atoms with van der Waals surface area (Å²) in [5.41, 5.74) is 0. The third-order valence-corrected chi connectivity index (χ3v) is 5.35. The Morgan fingerprint density at radius 3 is 2.23 bits per heavy atom. The Balaban J connectivity index is 2.94. The fraction of sp³-hybridized carbons (Fsp3) is 0.500. The Hall–Kier alpha value is -0.710. The van der Waals surface area contributed by atoms with Crippen molar-refractivity contribution in [2.45, 2.75) is 31.2 Å². The number of nitrogens with one attached hydrogen (secondary N) is 1. The van der Waals surface area contributed by atoms with Crippen LogP contribution in [0.15, 0.2) is 29.2 Å². The van der Waals surface area contributed by atoms with Crippen LogP contribution in [-0.2, 0) is 24.6 Å². The SMILES string of the molecule is CC[C@H](C)[C@H](COS(=O)(=O)O)NS(=O)(=O)c1ccc(Cl)cc1. The molecule has 0 radical (unpaired) electrons. The summed E-state index contributed by atoms with van der Waals surface area (Å²) in [6.45, 7) is 3.06. The molecule has 1 aromatic carbocycles. The van der Waals surface area contributed by atoms with Gasteiger partial charge in [-0.25, -0.2) is 17.3 Å². The number of halogens is 1. The average molecular weight is 372 g/mol. The zero-order valence-electron chi connectivity index (χ0n) is 12.1. The Kier molecular flexibility index (Phi) is 6.78. The maximum atomic E-state index is 12.3. The molecule has 22 heavy (non-hydrogen) atoms. The number of hydrogen-bond donors (Lipinski definition) is 2. The summed E-state index contributed by atoms with van der Waals surface area (Å²) in [7, 11) is -8.50. The van der Waals surface area contributed by atoms with E-state index in [0.717, 1.165) is 0 Å². The fourth-order valence-electron chi connectivity index (χ4n) is 1.64. The van der Waals surface area contributed by atoms with Gasteiger partial charge in [-0.3, -0.25) is 4.55 Å². The molecule has 7 nitrogen and oxygen atoms in total. The zero-order valence-corrected chi connectivity index (χ0v) is 14.5. The summed E-state index contributed by atoms with van der Waals surface area (Å²) in [4.78, 5) is -0.00272. The lowest BCUT2D eigenvalue weighted by Crippen LogP contribution is -2.42. The maximum absolute atomic E-state index is 12.3. The monoisotopic (exact) mass is 371 g/mol. The standard InChI is InChI=1S/C12H18ClNO6S2/c1-3-9(2)12(8-20-22(17,18)19)14-21(15,16)11-6-4-10(13)5-7-11/h4-7,9,12,14H,3,8H2,1-2H3,(H,17,18,19)/t9-,12-/m0/s1. The molecule has 0 heterocycles. The molecule has 0 aliphatic heterocycles. The molecule has 2 atom stereocenters. The molecule has 0 fully saturated rings. The third-order valence-electron chi connectivity index (χ3n) is 3.16. The van der Waals surface area contributed by atoms with E-state index < -0.39 is 33.1 Å². The lowest BCUT2D eigenvalue weighted by atomic mass is 10.0. The molecule has 0 aromatic heterocycles. The number of rotatable bonds is 8. The molecule has 0 saturated heterocycles. The maximum Gasteiger partial charge on any atom is 0.397 e. The van der Waals surface area contributed by atoms with Crippen LogP contribution in [0, 0.1) is 5.92 Å². The molecular formula is C12H18ClNO6S2. The van der Waals surface area contributed by atoms with Crippen molar-refractivity contribution >= 4 is 32.0 Å². The van der Waals surface area contributed by atoms with Gasteiger partial charge in [-0.2, -0.15) is 8.42 Å². The number of benzene rings is 1. The van der Waals surface area contributed by atoms with E-state index in [0.29, 0.717) is 11.4 Å². The van der Waals surface area contributed by atoms with Crippen LogP contribution in [0.4, 0.5) is 0 Å². The summed E-state index contributed by atoms with van der Waals surface area (Å²) >= 11 is 5.71. The Morgan fingerprint density at radius 2 is 1.77 bits per heavy atom. The first-order valence-corrected chi connectivity index (χ1v) is 9.67. The van der Waals surface area contributed by atoms with Gasteiger partial charge in [0.1, 0.15) is 0 Å². The van der Waals surface area contributed by atoms with Crippen LogP contribution in [0.5, 0.6) is 0 Å². The van der Waals surface area contributed by atoms with Crippen molar-refractivity contribution in [2.24, 2.45) is 5.92 Å². The molecule has 10 heteroatoms. The third kappa shape index (κ3) is 6.19. The van der Waals surface area contributed by atoms with Crippen molar-refractivity contribution in [1.82, 2.24) is 4.72 Å². The molecule has 0 unspecified atom stereocenters. The molecular weight excluding hydrogens is 354 g/mol. The van der Waals surface area contributed by atoms with Crippen molar-refractivity contribution < 1.29 is 25.6 Å². The van der Waals surface area contributed by atoms with Gasteiger partial charge in [-0.1, -0.05) is 31.9 Å². The minimum atomic E-state index is -4.64. The fourth-order valence-corrected chi connectivity index (χ4v) is 3.41. The summed E-state index contributed by atoms with van der Waals surface area (Å²) in [5.74, 6) is -0.205. The Morgan fingerprint density at radius 1 is 1.23 bits per heavy atom. The molecule has 126 valence electrons. The smallest absolute Gasteiger partial charge is 0.264 e. The van der Waals surface area contributed by atoms with E-state index >= 15 is 0 Å². The first kappa shape index (κ1) is 19.3. The van der Waals surface area contributed by atoms with Crippen molar-refractivity contribution in [1.29, 1.82) is 0 Å². The quantitative estimate of drug-likeness (QED) is 0.675. The van der Waals surface area contributed by atoms with E-state index in [4.69, 9.17) is 16.2 Å². The van der Waals surface area contributed by atoms with Gasteiger partial charge in [0, 0.05) is 11.1 Å². The summed E-state index contributed by atoms with van der Waals surface area (Å²) in [6.07, 6.45) is 0.586. The second-order valence-corrected chi connectivity index (χ2v) is 8.02. The van der Waals surface area contributed by atoms with Crippen molar-refractivity contribution in [2.75, 3.05) is 6.61 Å². The highest BCUT2D eigenvalue weighted by Gasteiger charge is 2.25. The number of sulfonamides is 1. The second kappa shape index (κ2) is 7.71. The van der Waals surface area contributed by atoms with Gasteiger partial charge in [0.25, 0.3) is 0 Å². The lowest BCUT2D eigenvalue weighted by Gasteiger charge is -2.23. The van der Waals surface area contributed by atoms with E-state index in [9.17, 15) is 16.8 Å². The topological polar surface area (TPSA) is 110 Å². The highest BCUT2D eigenvalue weighted by atomic mass is 35.5. The molecule has 0 saturated carbocycles. The molecule has 0 bridgehead atoms. The average Bonchev–Trinajstić information content (AvgIpc) is 2.42. The Labute approximate surface area is 135 Å². The van der Waals surface area contributed by atoms with E-state index in [-0.39, 0.29) is 10.8 Å². The van der Waals surface area contributed by atoms with E-state index in [1.807, 2.05) is 6.92 Å². The molecule has 1 aromatic rings. The minimum absolute atomic E-state index is 0.00272. The van der Waals surface area contributed by atoms with Crippen molar-refractivity contribution in [3.8, 4) is 0 Å². The minimum Gasteiger partial charge on any atom is -0.264 e. The molecule has 0 amide bonds. The van der Waals surface area contributed by atoms with Crippen molar-refractivity contribution in [3.05, 3.63) is 29.3 Å². The van der Waals surface area contributed by atoms with Crippen LogP contribution in [0.2, 0.25) is 5.02 Å². The normalized spacial score (nSPS) is 15.5. The van der Waals surface area contributed by atoms with Crippen LogP contribution in [0.1, 0.15) is 20.3 Å². The van der Waals surface area contributed by atoms with Gasteiger partial charge >= 0.3 is 10.4 Å². The van der Waals surface area contributed by atoms with Crippen LogP contribution >= 0.6 is 11.6 Å². The molecule has 0 aliphatic rings. The Bertz CT molecular complexity index is 687. The van der Waals surface area contributed by atoms with Crippen molar-refractivity contribution in [3.63, 3.8) is 0 Å². The van der Waals surface area contributed by atoms with Gasteiger partial charge < -0.3 is 0 Å². The molecule has 0 spiro atoms. The van der Waals surface area contributed by atoms with Gasteiger partial charge in [0.15, 0.2) is 0 Å².